The van der Waals surface area contributed by atoms with Gasteiger partial charge < -0.3 is 4.57 Å². The number of thioether (sulfide) groups is 1. The lowest BCUT2D eigenvalue weighted by atomic mass is 10.1. The lowest BCUT2D eigenvalue weighted by Crippen LogP contribution is -2.11. The highest BCUT2D eigenvalue weighted by Crippen LogP contribution is 2.30. The number of sulfone groups is 1. The fourth-order valence-corrected chi connectivity index (χ4v) is 5.57. The van der Waals surface area contributed by atoms with Gasteiger partial charge in [-0.15, -0.1) is 21.9 Å². The molecule has 1 unspecified atom stereocenters. The summed E-state index contributed by atoms with van der Waals surface area (Å²) in [5.74, 6) is 2.35. The van der Waals surface area contributed by atoms with Crippen molar-refractivity contribution < 1.29 is 8.42 Å². The Hall–Kier alpha value is -1.75. The molecule has 0 amide bonds. The van der Waals surface area contributed by atoms with Crippen LogP contribution in [-0.4, -0.2) is 54.9 Å². The van der Waals surface area contributed by atoms with Crippen molar-refractivity contribution in [1.29, 1.82) is 0 Å². The number of hydrogen-bond acceptors (Lipinski definition) is 8. The van der Waals surface area contributed by atoms with Crippen LogP contribution in [0.2, 0.25) is 0 Å². The molecule has 0 N–H and O–H groups in total. The molecule has 11 heteroatoms. The topological polar surface area (TPSA) is 108 Å². The van der Waals surface area contributed by atoms with Crippen LogP contribution in [0.15, 0.2) is 17.8 Å². The Morgan fingerprint density at radius 2 is 2.19 bits per heavy atom. The summed E-state index contributed by atoms with van der Waals surface area (Å²) in [4.78, 5) is 0. The molecule has 1 fully saturated rings. The van der Waals surface area contributed by atoms with Gasteiger partial charge >= 0.3 is 0 Å². The maximum absolute atomic E-state index is 11.8. The van der Waals surface area contributed by atoms with Crippen molar-refractivity contribution in [3.05, 3.63) is 24.3 Å². The van der Waals surface area contributed by atoms with E-state index >= 15 is 0 Å². The van der Waals surface area contributed by atoms with Gasteiger partial charge in [0.15, 0.2) is 20.8 Å². The minimum Gasteiger partial charge on any atom is -0.302 e. The molecular formula is C15H23N7O2S2. The molecule has 1 aliphatic heterocycles. The fraction of sp³-hybridized carbons (Fsp3) is 0.667. The highest BCUT2D eigenvalue weighted by atomic mass is 32.2. The summed E-state index contributed by atoms with van der Waals surface area (Å²) in [6, 6.07) is 0. The van der Waals surface area contributed by atoms with Crippen LogP contribution in [0.25, 0.3) is 0 Å². The molecular weight excluding hydrogens is 374 g/mol. The summed E-state index contributed by atoms with van der Waals surface area (Å²) in [6.07, 6.45) is 4.46. The van der Waals surface area contributed by atoms with Crippen LogP contribution >= 0.6 is 11.8 Å². The van der Waals surface area contributed by atoms with Gasteiger partial charge in [0, 0.05) is 19.0 Å². The molecule has 1 saturated heterocycles. The van der Waals surface area contributed by atoms with Crippen molar-refractivity contribution >= 4 is 21.6 Å². The Kier molecular flexibility index (Phi) is 6.07. The SMILES string of the molecule is C=CCn1c(SCc2nnnn2CCCC)nnc1C1CCS(=O)(=O)C1. The highest BCUT2D eigenvalue weighted by molar-refractivity contribution is 7.98. The maximum atomic E-state index is 11.8. The Bertz CT molecular complexity index is 859. The number of aromatic nitrogens is 7. The summed E-state index contributed by atoms with van der Waals surface area (Å²) in [6.45, 7) is 7.26. The highest BCUT2D eigenvalue weighted by Gasteiger charge is 2.33. The fourth-order valence-electron chi connectivity index (χ4n) is 2.95. The Morgan fingerprint density at radius 1 is 1.35 bits per heavy atom. The molecule has 26 heavy (non-hydrogen) atoms. The molecule has 0 spiro atoms. The van der Waals surface area contributed by atoms with Crippen LogP contribution in [0.1, 0.15) is 43.8 Å². The zero-order valence-corrected chi connectivity index (χ0v) is 16.4. The Labute approximate surface area is 157 Å². The van der Waals surface area contributed by atoms with Crippen LogP contribution < -0.4 is 0 Å². The molecule has 142 valence electrons. The molecule has 3 rings (SSSR count). The van der Waals surface area contributed by atoms with Crippen molar-refractivity contribution in [2.45, 2.75) is 56.1 Å². The number of allylic oxidation sites excluding steroid dienone is 1. The largest absolute Gasteiger partial charge is 0.302 e. The summed E-state index contributed by atoms with van der Waals surface area (Å²) in [7, 11) is -2.97. The van der Waals surface area contributed by atoms with Crippen LogP contribution in [0.3, 0.4) is 0 Å². The van der Waals surface area contributed by atoms with E-state index < -0.39 is 9.84 Å². The zero-order chi connectivity index (χ0) is 18.6. The molecule has 2 aromatic heterocycles. The first kappa shape index (κ1) is 19.0. The van der Waals surface area contributed by atoms with Crippen molar-refractivity contribution in [3.8, 4) is 0 Å². The second kappa shape index (κ2) is 8.30. The van der Waals surface area contributed by atoms with Gasteiger partial charge in [0.25, 0.3) is 0 Å². The molecule has 0 aliphatic carbocycles. The van der Waals surface area contributed by atoms with Crippen molar-refractivity contribution in [3.63, 3.8) is 0 Å². The van der Waals surface area contributed by atoms with Crippen molar-refractivity contribution in [2.24, 2.45) is 0 Å². The van der Waals surface area contributed by atoms with E-state index in [1.54, 1.807) is 6.08 Å². The zero-order valence-electron chi connectivity index (χ0n) is 14.8. The summed E-state index contributed by atoms with van der Waals surface area (Å²) >= 11 is 1.50. The van der Waals surface area contributed by atoms with E-state index in [2.05, 4.69) is 39.2 Å². The van der Waals surface area contributed by atoms with Crippen LogP contribution in [-0.2, 0) is 28.7 Å². The quantitative estimate of drug-likeness (QED) is 0.462. The van der Waals surface area contributed by atoms with Crippen LogP contribution in [0.5, 0.6) is 0 Å². The molecule has 0 bridgehead atoms. The van der Waals surface area contributed by atoms with Crippen molar-refractivity contribution in [2.75, 3.05) is 11.5 Å². The standard InChI is InChI=1S/C15H23N7O2S2/c1-3-5-8-22-13(16-19-20-22)10-25-15-18-17-14(21(15)7-4-2)12-6-9-26(23,24)11-12/h4,12H,2-3,5-11H2,1H3. The molecule has 0 saturated carbocycles. The Balaban J connectivity index is 1.74. The van der Waals surface area contributed by atoms with Gasteiger partial charge in [-0.05, 0) is 23.3 Å². The van der Waals surface area contributed by atoms with E-state index in [0.717, 1.165) is 36.2 Å². The van der Waals surface area contributed by atoms with Crippen LogP contribution in [0.4, 0.5) is 0 Å². The van der Waals surface area contributed by atoms with E-state index in [1.807, 2.05) is 9.25 Å². The van der Waals surface area contributed by atoms with E-state index in [0.29, 0.717) is 18.7 Å². The first-order valence-corrected chi connectivity index (χ1v) is 11.5. The predicted octanol–water partition coefficient (Wildman–Crippen LogP) is 1.45. The molecule has 2 aromatic rings. The smallest absolute Gasteiger partial charge is 0.191 e. The lowest BCUT2D eigenvalue weighted by Gasteiger charge is -2.11. The van der Waals surface area contributed by atoms with Gasteiger partial charge in [-0.2, -0.15) is 0 Å². The van der Waals surface area contributed by atoms with E-state index in [4.69, 9.17) is 0 Å². The van der Waals surface area contributed by atoms with E-state index in [9.17, 15) is 8.42 Å². The normalized spacial score (nSPS) is 19.0. The summed E-state index contributed by atoms with van der Waals surface area (Å²) < 4.78 is 27.3. The average molecular weight is 398 g/mol. The van der Waals surface area contributed by atoms with Crippen LogP contribution in [0, 0.1) is 0 Å². The number of nitrogens with zero attached hydrogens (tertiary/aromatic N) is 7. The molecule has 9 nitrogen and oxygen atoms in total. The maximum Gasteiger partial charge on any atom is 0.191 e. The number of aryl methyl sites for hydroxylation is 1. The second-order valence-corrected chi connectivity index (χ2v) is 9.47. The van der Waals surface area contributed by atoms with E-state index in [-0.39, 0.29) is 17.4 Å². The number of tetrazole rings is 1. The number of hydrogen-bond donors (Lipinski definition) is 0. The first-order valence-electron chi connectivity index (χ1n) is 8.66. The molecule has 0 radical (unpaired) electrons. The molecule has 1 aliphatic rings. The minimum absolute atomic E-state index is 0.100. The average Bonchev–Trinajstić information content (AvgIpc) is 3.30. The molecule has 0 aromatic carbocycles. The third-order valence-electron chi connectivity index (χ3n) is 4.31. The molecule has 1 atom stereocenters. The Morgan fingerprint density at radius 3 is 2.88 bits per heavy atom. The first-order chi connectivity index (χ1) is 12.5. The third-order valence-corrected chi connectivity index (χ3v) is 7.05. The van der Waals surface area contributed by atoms with Gasteiger partial charge in [-0.25, -0.2) is 13.1 Å². The van der Waals surface area contributed by atoms with Crippen molar-refractivity contribution in [1.82, 2.24) is 35.0 Å². The summed E-state index contributed by atoms with van der Waals surface area (Å²) in [5, 5.41) is 21.1. The third kappa shape index (κ3) is 4.32. The number of unbranched alkanes of at least 4 members (excludes halogenated alkanes) is 1. The van der Waals surface area contributed by atoms with E-state index in [1.165, 1.54) is 11.8 Å². The second-order valence-electron chi connectivity index (χ2n) is 6.30. The van der Waals surface area contributed by atoms with Gasteiger partial charge in [0.1, 0.15) is 5.82 Å². The number of rotatable bonds is 9. The minimum atomic E-state index is -2.97. The van der Waals surface area contributed by atoms with Gasteiger partial charge in [0.2, 0.25) is 0 Å². The van der Waals surface area contributed by atoms with Gasteiger partial charge in [0.05, 0.1) is 17.3 Å². The predicted molar refractivity (Wildman–Crippen MR) is 98.5 cm³/mol. The molecule has 3 heterocycles. The van der Waals surface area contributed by atoms with Gasteiger partial charge in [-0.3, -0.25) is 0 Å². The monoisotopic (exact) mass is 397 g/mol. The lowest BCUT2D eigenvalue weighted by molar-refractivity contribution is 0.540. The van der Waals surface area contributed by atoms with Gasteiger partial charge in [-0.1, -0.05) is 31.2 Å². The summed E-state index contributed by atoms with van der Waals surface area (Å²) in [5.41, 5.74) is 0.